The zero-order valence-electron chi connectivity index (χ0n) is 13.8. The van der Waals surface area contributed by atoms with E-state index >= 15 is 0 Å². The summed E-state index contributed by atoms with van der Waals surface area (Å²) in [7, 11) is 0. The predicted octanol–water partition coefficient (Wildman–Crippen LogP) is 4.46. The molecule has 1 aromatic carbocycles. The molecule has 0 fully saturated rings. The van der Waals surface area contributed by atoms with E-state index in [-0.39, 0.29) is 21.8 Å². The monoisotopic (exact) mass is 392 g/mol. The summed E-state index contributed by atoms with van der Waals surface area (Å²) in [5.74, 6) is 0.00845. The van der Waals surface area contributed by atoms with Crippen LogP contribution in [0.2, 0.25) is 10.0 Å². The van der Waals surface area contributed by atoms with Gasteiger partial charge in [0.1, 0.15) is 0 Å². The van der Waals surface area contributed by atoms with Gasteiger partial charge in [0, 0.05) is 16.7 Å². The highest BCUT2D eigenvalue weighted by Crippen LogP contribution is 2.31. The number of rotatable bonds is 2. The van der Waals surface area contributed by atoms with Crippen LogP contribution in [0.4, 0.5) is 5.88 Å². The summed E-state index contributed by atoms with van der Waals surface area (Å²) in [4.78, 5) is 24.8. The second-order valence-electron chi connectivity index (χ2n) is 6.48. The fraction of sp³-hybridized carbons (Fsp3) is 0.278. The van der Waals surface area contributed by atoms with Crippen molar-refractivity contribution in [3.8, 4) is 0 Å². The van der Waals surface area contributed by atoms with Crippen molar-refractivity contribution < 1.29 is 13.7 Å². The largest absolute Gasteiger partial charge is 0.449 e. The molecule has 6 nitrogen and oxygen atoms in total. The van der Waals surface area contributed by atoms with E-state index in [2.05, 4.69) is 17.4 Å². The van der Waals surface area contributed by atoms with Crippen molar-refractivity contribution in [2.45, 2.75) is 26.2 Å². The zero-order valence-corrected chi connectivity index (χ0v) is 15.3. The van der Waals surface area contributed by atoms with E-state index in [9.17, 15) is 9.59 Å². The lowest BCUT2D eigenvalue weighted by molar-refractivity contribution is 0.0994. The smallest absolute Gasteiger partial charge is 0.293 e. The maximum absolute atomic E-state index is 12.6. The Kier molecular flexibility index (Phi) is 4.25. The number of nitrogens with zero attached hydrogens (tertiary/aromatic N) is 1. The van der Waals surface area contributed by atoms with Gasteiger partial charge in [-0.15, -0.1) is 0 Å². The van der Waals surface area contributed by atoms with E-state index < -0.39 is 11.3 Å². The highest BCUT2D eigenvalue weighted by molar-refractivity contribution is 6.38. The fourth-order valence-electron chi connectivity index (χ4n) is 3.14. The summed E-state index contributed by atoms with van der Waals surface area (Å²) in [6.07, 6.45) is 2.63. The van der Waals surface area contributed by atoms with E-state index in [0.717, 1.165) is 36.6 Å². The molecular weight excluding hydrogens is 379 g/mol. The van der Waals surface area contributed by atoms with E-state index in [4.69, 9.17) is 32.1 Å². The molecule has 0 saturated heterocycles. The SMILES string of the molecule is CC1CCc2noc(NC(=O)c3cc(=O)c4cc(Cl)cc(Cl)c4o3)c2C1. The third-order valence-corrected chi connectivity index (χ3v) is 4.99. The van der Waals surface area contributed by atoms with Crippen LogP contribution >= 0.6 is 23.2 Å². The first kappa shape index (κ1) is 17.1. The summed E-state index contributed by atoms with van der Waals surface area (Å²) in [6.45, 7) is 2.14. The van der Waals surface area contributed by atoms with Crippen LogP contribution in [0.15, 0.2) is 31.9 Å². The molecule has 0 saturated carbocycles. The number of benzene rings is 1. The summed E-state index contributed by atoms with van der Waals surface area (Å²) in [5.41, 5.74) is 1.46. The minimum Gasteiger partial charge on any atom is -0.449 e. The molecule has 1 unspecified atom stereocenters. The molecule has 2 aromatic heterocycles. The molecule has 134 valence electrons. The lowest BCUT2D eigenvalue weighted by Crippen LogP contribution is -2.17. The molecule has 0 bridgehead atoms. The Hall–Kier alpha value is -2.31. The average molecular weight is 393 g/mol. The number of fused-ring (bicyclic) bond motifs is 2. The van der Waals surface area contributed by atoms with Gasteiger partial charge in [0.15, 0.2) is 16.8 Å². The summed E-state index contributed by atoms with van der Waals surface area (Å²) in [6, 6.07) is 4.00. The van der Waals surface area contributed by atoms with Crippen molar-refractivity contribution >= 4 is 46.0 Å². The van der Waals surface area contributed by atoms with Crippen molar-refractivity contribution in [3.63, 3.8) is 0 Å². The van der Waals surface area contributed by atoms with Crippen LogP contribution in [0.3, 0.4) is 0 Å². The van der Waals surface area contributed by atoms with Gasteiger partial charge in [0.05, 0.1) is 16.1 Å². The van der Waals surface area contributed by atoms with Gasteiger partial charge in [-0.25, -0.2) is 0 Å². The van der Waals surface area contributed by atoms with Gasteiger partial charge in [-0.05, 0) is 37.3 Å². The van der Waals surface area contributed by atoms with Crippen LogP contribution in [0.5, 0.6) is 0 Å². The van der Waals surface area contributed by atoms with Crippen molar-refractivity contribution in [2.75, 3.05) is 5.32 Å². The van der Waals surface area contributed by atoms with Crippen LogP contribution < -0.4 is 10.7 Å². The third-order valence-electron chi connectivity index (χ3n) is 4.49. The number of anilines is 1. The van der Waals surface area contributed by atoms with E-state index in [1.54, 1.807) is 0 Å². The number of aryl methyl sites for hydroxylation is 1. The maximum atomic E-state index is 12.6. The number of amides is 1. The van der Waals surface area contributed by atoms with Crippen molar-refractivity contribution in [2.24, 2.45) is 5.92 Å². The number of carbonyl (C=O) groups excluding carboxylic acids is 1. The number of halogens is 2. The van der Waals surface area contributed by atoms with Crippen molar-refractivity contribution in [1.29, 1.82) is 0 Å². The Balaban J connectivity index is 1.69. The summed E-state index contributed by atoms with van der Waals surface area (Å²) >= 11 is 12.0. The van der Waals surface area contributed by atoms with Gasteiger partial charge in [0.2, 0.25) is 5.88 Å². The normalized spacial score (nSPS) is 16.5. The number of nitrogens with one attached hydrogen (secondary N) is 1. The second kappa shape index (κ2) is 6.45. The molecule has 2 heterocycles. The third kappa shape index (κ3) is 2.99. The average Bonchev–Trinajstić information content (AvgIpc) is 2.97. The highest BCUT2D eigenvalue weighted by Gasteiger charge is 2.25. The molecule has 1 N–H and O–H groups in total. The Morgan fingerprint density at radius 1 is 1.31 bits per heavy atom. The number of aromatic nitrogens is 1. The molecule has 0 aliphatic heterocycles. The first-order valence-electron chi connectivity index (χ1n) is 8.14. The lowest BCUT2D eigenvalue weighted by Gasteiger charge is -2.16. The first-order chi connectivity index (χ1) is 12.4. The Morgan fingerprint density at radius 2 is 2.12 bits per heavy atom. The van der Waals surface area contributed by atoms with Crippen molar-refractivity contribution in [3.05, 3.63) is 55.5 Å². The fourth-order valence-corrected chi connectivity index (χ4v) is 3.67. The Labute approximate surface area is 158 Å². The van der Waals surface area contributed by atoms with Crippen LogP contribution in [-0.4, -0.2) is 11.1 Å². The summed E-state index contributed by atoms with van der Waals surface area (Å²) < 4.78 is 10.8. The molecule has 26 heavy (non-hydrogen) atoms. The van der Waals surface area contributed by atoms with E-state index in [1.807, 2.05) is 0 Å². The molecule has 0 spiro atoms. The van der Waals surface area contributed by atoms with Crippen LogP contribution in [0.25, 0.3) is 11.0 Å². The highest BCUT2D eigenvalue weighted by atomic mass is 35.5. The minimum atomic E-state index is -0.604. The van der Waals surface area contributed by atoms with Gasteiger partial charge >= 0.3 is 0 Å². The predicted molar refractivity (Wildman–Crippen MR) is 98.1 cm³/mol. The van der Waals surface area contributed by atoms with Gasteiger partial charge in [-0.3, -0.25) is 14.9 Å². The van der Waals surface area contributed by atoms with Gasteiger partial charge in [-0.1, -0.05) is 35.3 Å². The van der Waals surface area contributed by atoms with Crippen LogP contribution in [0.1, 0.15) is 35.2 Å². The Bertz CT molecular complexity index is 1090. The second-order valence-corrected chi connectivity index (χ2v) is 7.32. The Morgan fingerprint density at radius 3 is 2.92 bits per heavy atom. The van der Waals surface area contributed by atoms with Crippen LogP contribution in [0, 0.1) is 5.92 Å². The molecule has 8 heteroatoms. The molecule has 1 amide bonds. The first-order valence-corrected chi connectivity index (χ1v) is 8.89. The summed E-state index contributed by atoms with van der Waals surface area (Å²) in [5, 5.41) is 7.34. The molecule has 1 atom stereocenters. The molecule has 1 aliphatic rings. The molecule has 3 aromatic rings. The number of hydrogen-bond acceptors (Lipinski definition) is 5. The van der Waals surface area contributed by atoms with Gasteiger partial charge < -0.3 is 8.94 Å². The molecular formula is C18H14Cl2N2O4. The topological polar surface area (TPSA) is 85.3 Å². The minimum absolute atomic E-state index is 0.113. The number of hydrogen-bond donors (Lipinski definition) is 1. The molecule has 0 radical (unpaired) electrons. The number of carbonyl (C=O) groups is 1. The van der Waals surface area contributed by atoms with E-state index in [0.29, 0.717) is 16.8 Å². The van der Waals surface area contributed by atoms with E-state index in [1.165, 1.54) is 12.1 Å². The maximum Gasteiger partial charge on any atom is 0.293 e. The van der Waals surface area contributed by atoms with Crippen molar-refractivity contribution in [1.82, 2.24) is 5.16 Å². The van der Waals surface area contributed by atoms with Crippen LogP contribution in [-0.2, 0) is 12.8 Å². The van der Waals surface area contributed by atoms with Gasteiger partial charge in [0.25, 0.3) is 5.91 Å². The zero-order chi connectivity index (χ0) is 18.4. The quantitative estimate of drug-likeness (QED) is 0.695. The standard InChI is InChI=1S/C18H14Cl2N2O4/c1-8-2-3-13-10(4-8)18(26-22-13)21-17(24)15-7-14(23)11-5-9(19)6-12(20)16(11)25-15/h5-8H,2-4H2,1H3,(H,21,24). The lowest BCUT2D eigenvalue weighted by atomic mass is 9.89. The van der Waals surface area contributed by atoms with Gasteiger partial charge in [-0.2, -0.15) is 0 Å². The molecule has 1 aliphatic carbocycles. The molecule has 4 rings (SSSR count).